The number of amides is 1. The van der Waals surface area contributed by atoms with Crippen molar-refractivity contribution < 1.29 is 4.79 Å². The van der Waals surface area contributed by atoms with Gasteiger partial charge in [-0.1, -0.05) is 11.3 Å². The predicted molar refractivity (Wildman–Crippen MR) is 70.8 cm³/mol. The van der Waals surface area contributed by atoms with Gasteiger partial charge in [-0.25, -0.2) is 0 Å². The van der Waals surface area contributed by atoms with Gasteiger partial charge in [-0.15, -0.1) is 0 Å². The molecule has 0 aliphatic rings. The molecule has 1 aromatic rings. The van der Waals surface area contributed by atoms with Crippen molar-refractivity contribution in [2.75, 3.05) is 5.32 Å². The number of carbonyl (C=O) groups excluding carboxylic acids is 1. The molecule has 0 spiro atoms. The van der Waals surface area contributed by atoms with Crippen molar-refractivity contribution in [2.45, 2.75) is 11.8 Å². The van der Waals surface area contributed by atoms with Gasteiger partial charge in [0.1, 0.15) is 0 Å². The Morgan fingerprint density at radius 1 is 1.35 bits per heavy atom. The van der Waals surface area contributed by atoms with E-state index in [1.807, 2.05) is 0 Å². The summed E-state index contributed by atoms with van der Waals surface area (Å²) in [7, 11) is 16.3. The molecule has 80 valence electrons. The molecule has 0 aromatic heterocycles. The Kier molecular flexibility index (Phi) is 4.43. The van der Waals surface area contributed by atoms with Crippen molar-refractivity contribution >= 4 is 41.9 Å². The Morgan fingerprint density at radius 3 is 2.59 bits per heavy atom. The summed E-state index contributed by atoms with van der Waals surface area (Å²) in [4.78, 5) is 10.2. The van der Waals surface area contributed by atoms with Gasteiger partial charge in [-0.05, 0) is 17.7 Å². The lowest BCUT2D eigenvalue weighted by Gasteiger charge is -2.25. The summed E-state index contributed by atoms with van der Waals surface area (Å²) < 4.78 is 0. The van der Waals surface area contributed by atoms with E-state index in [-0.39, 0.29) is 0 Å². The topological polar surface area (TPSA) is 65.0 Å². The van der Waals surface area contributed by atoms with Crippen LogP contribution in [0.5, 0.6) is 0 Å². The molecule has 0 unspecified atom stereocenters. The fourth-order valence-electron chi connectivity index (χ4n) is 1.35. The quantitative estimate of drug-likeness (QED) is 0.343. The van der Waals surface area contributed by atoms with E-state index in [0.29, 0.717) is 24.2 Å². The molecule has 1 aromatic carbocycles. The zero-order chi connectivity index (χ0) is 12.9. The number of rotatable bonds is 6. The molecular formula is C10H10B3N3O. The molecule has 0 saturated carbocycles. The van der Waals surface area contributed by atoms with Crippen LogP contribution >= 0.6 is 0 Å². The molecule has 0 aliphatic carbocycles. The molecule has 0 aliphatic heterocycles. The van der Waals surface area contributed by atoms with Gasteiger partial charge < -0.3 is 16.0 Å². The molecular weight excluding hydrogens is 211 g/mol. The highest BCUT2D eigenvalue weighted by atomic mass is 16.1. The lowest BCUT2D eigenvalue weighted by Crippen LogP contribution is -2.40. The maximum absolute atomic E-state index is 10.2. The van der Waals surface area contributed by atoms with Crippen molar-refractivity contribution in [1.29, 1.82) is 5.41 Å². The zero-order valence-electron chi connectivity index (χ0n) is 9.23. The van der Waals surface area contributed by atoms with Crippen molar-refractivity contribution in [1.82, 2.24) is 5.32 Å². The van der Waals surface area contributed by atoms with Crippen LogP contribution in [0, 0.1) is 5.41 Å². The summed E-state index contributed by atoms with van der Waals surface area (Å²) >= 11 is 0. The lowest BCUT2D eigenvalue weighted by molar-refractivity contribution is -0.109. The van der Waals surface area contributed by atoms with E-state index in [9.17, 15) is 4.79 Å². The Hall–Kier alpha value is -1.65. The summed E-state index contributed by atoms with van der Waals surface area (Å²) in [6.07, 6.45) is 1.76. The number of hydrogen-bond donors (Lipinski definition) is 3. The largest absolute Gasteiger partial charge is 0.404 e. The summed E-state index contributed by atoms with van der Waals surface area (Å²) in [6, 6.07) is 5.21. The summed E-state index contributed by atoms with van der Waals surface area (Å²) in [5.74, 6) is 0. The minimum absolute atomic E-state index is 0.392. The summed E-state index contributed by atoms with van der Waals surface area (Å²) in [6.45, 7) is 0.392. The molecule has 7 heteroatoms. The standard InChI is InChI=1S/C10H10B3N3O/c11-10(12,13)16-9-2-1-7(5-15-6-17)3-8(9)4-14/h1-4,6,14,16H,5H2,(H,15,17). The summed E-state index contributed by atoms with van der Waals surface area (Å²) in [5.41, 5.74) is 2.00. The first-order valence-electron chi connectivity index (χ1n) is 4.91. The fraction of sp³-hybridized carbons (Fsp3) is 0.200. The van der Waals surface area contributed by atoms with E-state index >= 15 is 0 Å². The van der Waals surface area contributed by atoms with E-state index in [2.05, 4.69) is 10.6 Å². The molecule has 0 atom stereocenters. The highest BCUT2D eigenvalue weighted by Gasteiger charge is 2.10. The number of anilines is 1. The predicted octanol–water partition coefficient (Wildman–Crippen LogP) is -0.541. The number of hydrogen-bond acceptors (Lipinski definition) is 3. The van der Waals surface area contributed by atoms with Crippen molar-refractivity contribution in [2.24, 2.45) is 0 Å². The maximum Gasteiger partial charge on any atom is 0.207 e. The highest BCUT2D eigenvalue weighted by molar-refractivity contribution is 6.60. The van der Waals surface area contributed by atoms with Gasteiger partial charge in [0.05, 0.1) is 23.5 Å². The maximum atomic E-state index is 10.2. The first-order valence-corrected chi connectivity index (χ1v) is 4.91. The van der Waals surface area contributed by atoms with E-state index < -0.39 is 5.24 Å². The molecule has 1 amide bonds. The third-order valence-electron chi connectivity index (χ3n) is 2.01. The monoisotopic (exact) mass is 221 g/mol. The first-order chi connectivity index (χ1) is 7.96. The highest BCUT2D eigenvalue weighted by Crippen LogP contribution is 2.17. The second-order valence-corrected chi connectivity index (χ2v) is 3.62. The van der Waals surface area contributed by atoms with Gasteiger partial charge in [0, 0.05) is 24.0 Å². The molecule has 4 nitrogen and oxygen atoms in total. The SMILES string of the molecule is [B]C([B])([B])Nc1ccc(CNC=O)cc1C=N. The molecule has 0 saturated heterocycles. The molecule has 6 radical (unpaired) electrons. The summed E-state index contributed by atoms with van der Waals surface area (Å²) in [5, 5.41) is 11.0. The Bertz CT molecular complexity index is 418. The Morgan fingerprint density at radius 2 is 2.06 bits per heavy atom. The number of benzene rings is 1. The average Bonchev–Trinajstić information content (AvgIpc) is 2.25. The Balaban J connectivity index is 2.93. The normalized spacial score (nSPS) is 10.6. The van der Waals surface area contributed by atoms with E-state index in [1.165, 1.54) is 0 Å². The first kappa shape index (κ1) is 13.4. The van der Waals surface area contributed by atoms with Gasteiger partial charge in [0.2, 0.25) is 6.41 Å². The van der Waals surface area contributed by atoms with E-state index in [0.717, 1.165) is 11.8 Å². The van der Waals surface area contributed by atoms with Crippen LogP contribution in [0.15, 0.2) is 18.2 Å². The second-order valence-electron chi connectivity index (χ2n) is 3.62. The van der Waals surface area contributed by atoms with Crippen LogP contribution in [-0.2, 0) is 11.3 Å². The van der Waals surface area contributed by atoms with Gasteiger partial charge in [-0.2, -0.15) is 0 Å². The van der Waals surface area contributed by atoms with Gasteiger partial charge >= 0.3 is 0 Å². The molecule has 0 bridgehead atoms. The third kappa shape index (κ3) is 4.38. The smallest absolute Gasteiger partial charge is 0.207 e. The van der Waals surface area contributed by atoms with Crippen LogP contribution in [0.2, 0.25) is 0 Å². The molecule has 0 fully saturated rings. The van der Waals surface area contributed by atoms with E-state index in [4.69, 9.17) is 28.9 Å². The second kappa shape index (κ2) is 5.61. The van der Waals surface area contributed by atoms with E-state index in [1.54, 1.807) is 18.2 Å². The zero-order valence-corrected chi connectivity index (χ0v) is 9.23. The van der Waals surface area contributed by atoms with Gasteiger partial charge in [0.15, 0.2) is 0 Å². The van der Waals surface area contributed by atoms with Crippen LogP contribution in [0.3, 0.4) is 0 Å². The van der Waals surface area contributed by atoms with Crippen LogP contribution < -0.4 is 10.6 Å². The number of carbonyl (C=O) groups is 1. The molecule has 17 heavy (non-hydrogen) atoms. The molecule has 1 rings (SSSR count). The van der Waals surface area contributed by atoms with Crippen molar-refractivity contribution in [3.8, 4) is 0 Å². The Labute approximate surface area is 104 Å². The number of nitrogens with one attached hydrogen (secondary N) is 3. The lowest BCUT2D eigenvalue weighted by atomic mass is 9.49. The van der Waals surface area contributed by atoms with Crippen molar-refractivity contribution in [3.63, 3.8) is 0 Å². The van der Waals surface area contributed by atoms with Crippen LogP contribution in [0.4, 0.5) is 5.69 Å². The minimum Gasteiger partial charge on any atom is -0.404 e. The third-order valence-corrected chi connectivity index (χ3v) is 2.01. The fourth-order valence-corrected chi connectivity index (χ4v) is 1.35. The molecule has 3 N–H and O–H groups in total. The van der Waals surface area contributed by atoms with Gasteiger partial charge in [-0.3, -0.25) is 4.79 Å². The average molecular weight is 221 g/mol. The minimum atomic E-state index is -1.54. The van der Waals surface area contributed by atoms with Crippen molar-refractivity contribution in [3.05, 3.63) is 29.3 Å². The van der Waals surface area contributed by atoms with Crippen LogP contribution in [-0.4, -0.2) is 41.4 Å². The van der Waals surface area contributed by atoms with Gasteiger partial charge in [0.25, 0.3) is 0 Å². The van der Waals surface area contributed by atoms with Crippen LogP contribution in [0.25, 0.3) is 0 Å². The van der Waals surface area contributed by atoms with Crippen LogP contribution in [0.1, 0.15) is 11.1 Å². The molecule has 0 heterocycles.